The number of fused-ring (bicyclic) bond motifs is 1. The van der Waals surface area contributed by atoms with Gasteiger partial charge in [-0.15, -0.1) is 0 Å². The summed E-state index contributed by atoms with van der Waals surface area (Å²) in [6.07, 6.45) is -2.52. The fraction of sp³-hybridized carbons (Fsp3) is 0.357. The topological polar surface area (TPSA) is 12.9 Å². The van der Waals surface area contributed by atoms with Crippen molar-refractivity contribution in [3.63, 3.8) is 0 Å². The second-order valence-electron chi connectivity index (χ2n) is 4.44. The van der Waals surface area contributed by atoms with E-state index in [0.29, 0.717) is 12.1 Å². The van der Waals surface area contributed by atoms with Crippen LogP contribution in [0.4, 0.5) is 13.2 Å². The first-order valence-electron chi connectivity index (χ1n) is 6.13. The highest BCUT2D eigenvalue weighted by molar-refractivity contribution is 6.08. The van der Waals surface area contributed by atoms with Gasteiger partial charge in [0, 0.05) is 23.7 Å². The van der Waals surface area contributed by atoms with E-state index in [9.17, 15) is 13.2 Å². The fourth-order valence-electron chi connectivity index (χ4n) is 2.19. The lowest BCUT2D eigenvalue weighted by Gasteiger charge is -2.12. The van der Waals surface area contributed by atoms with Gasteiger partial charge in [0.15, 0.2) is 0 Å². The molecule has 98 valence electrons. The second kappa shape index (κ2) is 5.64. The molecule has 0 atom stereocenters. The summed E-state index contributed by atoms with van der Waals surface area (Å²) in [7, 11) is 5.61. The molecule has 0 aliphatic heterocycles. The van der Waals surface area contributed by atoms with Gasteiger partial charge < -0.3 is 0 Å². The third-order valence-corrected chi connectivity index (χ3v) is 3.07. The van der Waals surface area contributed by atoms with Crippen LogP contribution in [0.25, 0.3) is 10.8 Å². The summed E-state index contributed by atoms with van der Waals surface area (Å²) in [5.41, 5.74) is 1.52. The zero-order chi connectivity index (χ0) is 13.9. The Kier molecular flexibility index (Phi) is 4.12. The Labute approximate surface area is 111 Å². The minimum absolute atomic E-state index is 0.0617. The maximum atomic E-state index is 12.2. The molecule has 0 unspecified atom stereocenters. The van der Waals surface area contributed by atoms with Crippen molar-refractivity contribution in [2.24, 2.45) is 0 Å². The molecule has 0 amide bonds. The third kappa shape index (κ3) is 3.49. The average molecular weight is 263 g/mol. The smallest absolute Gasteiger partial charge is 0.261 e. The van der Waals surface area contributed by atoms with Crippen LogP contribution >= 0.6 is 0 Å². The van der Waals surface area contributed by atoms with Gasteiger partial charge in [-0.05, 0) is 30.1 Å². The molecule has 0 N–H and O–H groups in total. The van der Waals surface area contributed by atoms with E-state index in [-0.39, 0.29) is 12.7 Å². The third-order valence-electron chi connectivity index (χ3n) is 3.07. The highest BCUT2D eigenvalue weighted by Gasteiger charge is 2.26. The normalized spacial score (nSPS) is 11.9. The number of aromatic nitrogens is 1. The molecule has 5 heteroatoms. The largest absolute Gasteiger partial charge is 0.389 e. The monoisotopic (exact) mass is 263 g/mol. The van der Waals surface area contributed by atoms with E-state index in [1.807, 2.05) is 24.3 Å². The van der Waals surface area contributed by atoms with Gasteiger partial charge in [0.05, 0.1) is 7.85 Å². The van der Waals surface area contributed by atoms with Crippen LogP contribution in [0.2, 0.25) is 0 Å². The molecule has 19 heavy (non-hydrogen) atoms. The molecule has 0 aliphatic rings. The van der Waals surface area contributed by atoms with Gasteiger partial charge in [-0.1, -0.05) is 24.3 Å². The lowest BCUT2D eigenvalue weighted by atomic mass is 9.92. The van der Waals surface area contributed by atoms with E-state index in [1.165, 1.54) is 0 Å². The van der Waals surface area contributed by atoms with Crippen LogP contribution < -0.4 is 0 Å². The number of nitrogens with zero attached hydrogens (tertiary/aromatic N) is 1. The first-order chi connectivity index (χ1) is 9.01. The van der Waals surface area contributed by atoms with Gasteiger partial charge >= 0.3 is 6.18 Å². The molecule has 0 spiro atoms. The number of rotatable bonds is 4. The van der Waals surface area contributed by atoms with Crippen LogP contribution in [0.15, 0.2) is 30.5 Å². The molecule has 0 aliphatic carbocycles. The Hall–Kier alpha value is -1.52. The molecule has 1 aromatic carbocycles. The quantitative estimate of drug-likeness (QED) is 0.765. The van der Waals surface area contributed by atoms with Gasteiger partial charge in [0.25, 0.3) is 0 Å². The SMILES string of the molecule is [B]Cc1ncc2ccccc2c1CCCC(F)(F)F. The van der Waals surface area contributed by atoms with Crippen molar-refractivity contribution in [2.75, 3.05) is 0 Å². The predicted molar refractivity (Wildman–Crippen MR) is 70.2 cm³/mol. The van der Waals surface area contributed by atoms with Gasteiger partial charge in [0.2, 0.25) is 0 Å². The van der Waals surface area contributed by atoms with Crippen LogP contribution in [0, 0.1) is 0 Å². The van der Waals surface area contributed by atoms with Gasteiger partial charge in [-0.2, -0.15) is 13.2 Å². The molecular weight excluding hydrogens is 250 g/mol. The van der Waals surface area contributed by atoms with Crippen LogP contribution in [-0.4, -0.2) is 19.0 Å². The summed E-state index contributed by atoms with van der Waals surface area (Å²) in [5.74, 6) is 0. The van der Waals surface area contributed by atoms with Crippen molar-refractivity contribution in [1.29, 1.82) is 0 Å². The molecule has 0 fully saturated rings. The summed E-state index contributed by atoms with van der Waals surface area (Å²) in [6, 6.07) is 7.55. The summed E-state index contributed by atoms with van der Waals surface area (Å²) in [6.45, 7) is 0. The first kappa shape index (κ1) is 13.9. The Morgan fingerprint density at radius 1 is 1.16 bits per heavy atom. The van der Waals surface area contributed by atoms with Crippen molar-refractivity contribution in [3.8, 4) is 0 Å². The summed E-state index contributed by atoms with van der Waals surface area (Å²) in [5, 5.41) is 1.88. The fourth-order valence-corrected chi connectivity index (χ4v) is 2.19. The van der Waals surface area contributed by atoms with Crippen LogP contribution in [0.5, 0.6) is 0 Å². The number of hydrogen-bond donors (Lipinski definition) is 0. The minimum Gasteiger partial charge on any atom is -0.261 e. The lowest BCUT2D eigenvalue weighted by Crippen LogP contribution is -2.08. The van der Waals surface area contributed by atoms with E-state index in [0.717, 1.165) is 16.3 Å². The summed E-state index contributed by atoms with van der Waals surface area (Å²) in [4.78, 5) is 4.23. The van der Waals surface area contributed by atoms with Gasteiger partial charge in [-0.3, -0.25) is 4.98 Å². The zero-order valence-electron chi connectivity index (χ0n) is 10.4. The van der Waals surface area contributed by atoms with Crippen LogP contribution in [-0.2, 0) is 12.7 Å². The standard InChI is InChI=1S/C14H13BF3N/c15-8-13-12(6-3-7-14(16,17)18)11-5-2-1-4-10(11)9-19-13/h1-2,4-5,9H,3,6-8H2. The Bertz CT molecular complexity index is 566. The molecule has 1 nitrogen and oxygen atoms in total. The minimum atomic E-state index is -4.11. The lowest BCUT2D eigenvalue weighted by molar-refractivity contribution is -0.135. The van der Waals surface area contributed by atoms with E-state index < -0.39 is 12.6 Å². The maximum absolute atomic E-state index is 12.2. The number of hydrogen-bond acceptors (Lipinski definition) is 1. The number of aryl methyl sites for hydroxylation is 1. The molecule has 1 heterocycles. The van der Waals surface area contributed by atoms with Crippen molar-refractivity contribution in [3.05, 3.63) is 41.7 Å². The van der Waals surface area contributed by atoms with Crippen molar-refractivity contribution < 1.29 is 13.2 Å². The molecule has 1 aromatic heterocycles. The van der Waals surface area contributed by atoms with Crippen molar-refractivity contribution in [2.45, 2.75) is 31.8 Å². The zero-order valence-corrected chi connectivity index (χ0v) is 10.4. The van der Waals surface area contributed by atoms with E-state index in [4.69, 9.17) is 7.85 Å². The summed E-state index contributed by atoms with van der Waals surface area (Å²) < 4.78 is 36.6. The van der Waals surface area contributed by atoms with Crippen molar-refractivity contribution in [1.82, 2.24) is 4.98 Å². The van der Waals surface area contributed by atoms with E-state index >= 15 is 0 Å². The Morgan fingerprint density at radius 2 is 1.89 bits per heavy atom. The first-order valence-corrected chi connectivity index (χ1v) is 6.13. The number of alkyl halides is 3. The highest BCUT2D eigenvalue weighted by atomic mass is 19.4. The number of benzene rings is 1. The molecule has 2 radical (unpaired) electrons. The number of halogens is 3. The molecule has 2 aromatic rings. The van der Waals surface area contributed by atoms with Crippen molar-refractivity contribution >= 4 is 18.6 Å². The highest BCUT2D eigenvalue weighted by Crippen LogP contribution is 2.26. The summed E-state index contributed by atoms with van der Waals surface area (Å²) >= 11 is 0. The van der Waals surface area contributed by atoms with Gasteiger partial charge in [-0.25, -0.2) is 0 Å². The number of pyridine rings is 1. The molecule has 0 saturated heterocycles. The molecule has 0 bridgehead atoms. The van der Waals surface area contributed by atoms with E-state index in [2.05, 4.69) is 4.98 Å². The predicted octanol–water partition coefficient (Wildman–Crippen LogP) is 3.79. The second-order valence-corrected chi connectivity index (χ2v) is 4.44. The van der Waals surface area contributed by atoms with Gasteiger partial charge in [0.1, 0.15) is 0 Å². The Morgan fingerprint density at radius 3 is 2.58 bits per heavy atom. The molecule has 2 rings (SSSR count). The Balaban J connectivity index is 2.29. The van der Waals surface area contributed by atoms with Crippen LogP contribution in [0.1, 0.15) is 24.1 Å². The molecule has 0 saturated carbocycles. The van der Waals surface area contributed by atoms with Crippen LogP contribution in [0.3, 0.4) is 0 Å². The molecular formula is C14H13BF3N. The van der Waals surface area contributed by atoms with E-state index in [1.54, 1.807) is 6.20 Å². The average Bonchev–Trinajstić information content (AvgIpc) is 2.37. The maximum Gasteiger partial charge on any atom is 0.389 e.